The molecule has 0 radical (unpaired) electrons. The largest absolute Gasteiger partial charge is 0.308 e. The summed E-state index contributed by atoms with van der Waals surface area (Å²) in [6, 6.07) is 22.1. The van der Waals surface area contributed by atoms with Crippen LogP contribution in [0.2, 0.25) is 0 Å². The normalized spacial score (nSPS) is 11.5. The van der Waals surface area contributed by atoms with Crippen LogP contribution in [-0.2, 0) is 18.3 Å². The monoisotopic (exact) mass is 437 g/mol. The first-order valence-electron chi connectivity index (χ1n) is 10.5. The molecular weight excluding hydrogens is 414 g/mol. The quantitative estimate of drug-likeness (QED) is 0.438. The van der Waals surface area contributed by atoms with E-state index >= 15 is 0 Å². The van der Waals surface area contributed by atoms with Crippen molar-refractivity contribution in [3.8, 4) is 17.3 Å². The van der Waals surface area contributed by atoms with Crippen LogP contribution in [0.25, 0.3) is 11.3 Å². The van der Waals surface area contributed by atoms with Gasteiger partial charge in [-0.05, 0) is 41.8 Å². The van der Waals surface area contributed by atoms with E-state index in [1.807, 2.05) is 55.7 Å². The molecule has 1 atom stereocenters. The summed E-state index contributed by atoms with van der Waals surface area (Å²) in [7, 11) is 1.84. The SMILES string of the molecule is Cn1cc(-c2ccc(NC(=O)C(NCCc3ccc(C#N)cc3)c3ccccc3)nn2)cn1. The van der Waals surface area contributed by atoms with Crippen LogP contribution in [0.1, 0.15) is 22.7 Å². The van der Waals surface area contributed by atoms with Crippen molar-refractivity contribution >= 4 is 11.7 Å². The third kappa shape index (κ3) is 5.67. The van der Waals surface area contributed by atoms with Gasteiger partial charge in [0.05, 0.1) is 23.5 Å². The Morgan fingerprint density at radius 2 is 1.85 bits per heavy atom. The van der Waals surface area contributed by atoms with Gasteiger partial charge in [-0.3, -0.25) is 9.48 Å². The summed E-state index contributed by atoms with van der Waals surface area (Å²) >= 11 is 0. The van der Waals surface area contributed by atoms with Crippen molar-refractivity contribution in [2.24, 2.45) is 7.05 Å². The van der Waals surface area contributed by atoms with E-state index in [1.54, 1.807) is 35.1 Å². The molecule has 0 bridgehead atoms. The maximum absolute atomic E-state index is 13.1. The van der Waals surface area contributed by atoms with Crippen molar-refractivity contribution in [2.75, 3.05) is 11.9 Å². The summed E-state index contributed by atoms with van der Waals surface area (Å²) in [4.78, 5) is 13.1. The molecule has 4 aromatic rings. The highest BCUT2D eigenvalue weighted by atomic mass is 16.2. The van der Waals surface area contributed by atoms with Crippen molar-refractivity contribution < 1.29 is 4.79 Å². The van der Waals surface area contributed by atoms with Crippen LogP contribution in [0.4, 0.5) is 5.82 Å². The molecule has 0 fully saturated rings. The molecule has 0 aliphatic carbocycles. The number of nitrogens with one attached hydrogen (secondary N) is 2. The maximum atomic E-state index is 13.1. The van der Waals surface area contributed by atoms with Crippen molar-refractivity contribution in [3.63, 3.8) is 0 Å². The summed E-state index contributed by atoms with van der Waals surface area (Å²) in [6.45, 7) is 0.588. The molecule has 0 saturated carbocycles. The minimum atomic E-state index is -0.551. The highest BCUT2D eigenvalue weighted by Gasteiger charge is 2.20. The van der Waals surface area contributed by atoms with E-state index in [9.17, 15) is 4.79 Å². The highest BCUT2D eigenvalue weighted by Crippen LogP contribution is 2.18. The van der Waals surface area contributed by atoms with Crippen molar-refractivity contribution in [3.05, 3.63) is 95.8 Å². The van der Waals surface area contributed by atoms with Crippen LogP contribution in [0, 0.1) is 11.3 Å². The Hall–Kier alpha value is -4.35. The number of anilines is 1. The fourth-order valence-corrected chi connectivity index (χ4v) is 3.42. The van der Waals surface area contributed by atoms with E-state index in [2.05, 4.69) is 32.0 Å². The fraction of sp³-hybridized carbons (Fsp3) is 0.160. The Morgan fingerprint density at radius 1 is 1.06 bits per heavy atom. The second-order valence-corrected chi connectivity index (χ2v) is 7.55. The number of carbonyl (C=O) groups excluding carboxylic acids is 1. The molecule has 0 aliphatic rings. The third-order valence-electron chi connectivity index (χ3n) is 5.16. The minimum Gasteiger partial charge on any atom is -0.308 e. The molecule has 0 saturated heterocycles. The summed E-state index contributed by atoms with van der Waals surface area (Å²) < 4.78 is 1.70. The molecule has 2 heterocycles. The first-order chi connectivity index (χ1) is 16.1. The van der Waals surface area contributed by atoms with Crippen LogP contribution in [-0.4, -0.2) is 32.4 Å². The Labute approximate surface area is 191 Å². The van der Waals surface area contributed by atoms with Crippen molar-refractivity contribution in [1.82, 2.24) is 25.3 Å². The lowest BCUT2D eigenvalue weighted by molar-refractivity contribution is -0.118. The molecule has 33 heavy (non-hydrogen) atoms. The molecule has 4 rings (SSSR count). The first-order valence-corrected chi connectivity index (χ1v) is 10.5. The van der Waals surface area contributed by atoms with Crippen LogP contribution in [0.5, 0.6) is 0 Å². The third-order valence-corrected chi connectivity index (χ3v) is 5.16. The van der Waals surface area contributed by atoms with E-state index in [0.29, 0.717) is 23.6 Å². The molecule has 0 spiro atoms. The smallest absolute Gasteiger partial charge is 0.247 e. The van der Waals surface area contributed by atoms with E-state index < -0.39 is 6.04 Å². The number of amides is 1. The number of carbonyl (C=O) groups is 1. The number of aryl methyl sites for hydroxylation is 1. The molecular formula is C25H23N7O. The Kier molecular flexibility index (Phi) is 6.83. The molecule has 2 aromatic carbocycles. The van der Waals surface area contributed by atoms with E-state index in [-0.39, 0.29) is 5.91 Å². The topological polar surface area (TPSA) is 109 Å². The summed E-state index contributed by atoms with van der Waals surface area (Å²) in [6.07, 6.45) is 4.29. The molecule has 1 unspecified atom stereocenters. The molecule has 2 N–H and O–H groups in total. The molecule has 0 aliphatic heterocycles. The van der Waals surface area contributed by atoms with Crippen molar-refractivity contribution in [1.29, 1.82) is 5.26 Å². The van der Waals surface area contributed by atoms with Gasteiger partial charge in [0, 0.05) is 25.4 Å². The van der Waals surface area contributed by atoms with Gasteiger partial charge in [-0.1, -0.05) is 42.5 Å². The summed E-state index contributed by atoms with van der Waals surface area (Å²) in [5.41, 5.74) is 4.11. The number of aromatic nitrogens is 4. The van der Waals surface area contributed by atoms with Gasteiger partial charge < -0.3 is 10.6 Å². The van der Waals surface area contributed by atoms with Gasteiger partial charge in [0.15, 0.2) is 5.82 Å². The average molecular weight is 438 g/mol. The predicted octanol–water partition coefficient (Wildman–Crippen LogP) is 3.26. The standard InChI is InChI=1S/C25H23N7O/c1-32-17-21(16-28-32)22-11-12-23(31-30-22)29-25(33)24(20-5-3-2-4-6-20)27-14-13-18-7-9-19(15-26)10-8-18/h2-12,16-17,24,27H,13-14H2,1H3,(H,29,31,33). The second kappa shape index (κ2) is 10.3. The highest BCUT2D eigenvalue weighted by molar-refractivity contribution is 5.94. The average Bonchev–Trinajstić information content (AvgIpc) is 3.29. The van der Waals surface area contributed by atoms with Gasteiger partial charge in [0.25, 0.3) is 0 Å². The zero-order valence-corrected chi connectivity index (χ0v) is 18.1. The molecule has 8 heteroatoms. The molecule has 8 nitrogen and oxygen atoms in total. The van der Waals surface area contributed by atoms with Gasteiger partial charge >= 0.3 is 0 Å². The van der Waals surface area contributed by atoms with Crippen LogP contribution in [0.3, 0.4) is 0 Å². The maximum Gasteiger partial charge on any atom is 0.247 e. The van der Waals surface area contributed by atoms with Gasteiger partial charge in [-0.2, -0.15) is 10.4 Å². The lowest BCUT2D eigenvalue weighted by Crippen LogP contribution is -2.34. The van der Waals surface area contributed by atoms with Crippen LogP contribution >= 0.6 is 0 Å². The Balaban J connectivity index is 1.42. The van der Waals surface area contributed by atoms with Gasteiger partial charge in [-0.15, -0.1) is 10.2 Å². The fourth-order valence-electron chi connectivity index (χ4n) is 3.42. The number of hydrogen-bond acceptors (Lipinski definition) is 6. The first kappa shape index (κ1) is 21.9. The van der Waals surface area contributed by atoms with E-state index in [0.717, 1.165) is 23.1 Å². The number of benzene rings is 2. The Morgan fingerprint density at radius 3 is 2.48 bits per heavy atom. The zero-order chi connectivity index (χ0) is 23.0. The van der Waals surface area contributed by atoms with Gasteiger partial charge in [-0.25, -0.2) is 0 Å². The summed E-state index contributed by atoms with van der Waals surface area (Å²) in [5, 5.41) is 27.6. The van der Waals surface area contributed by atoms with E-state index in [4.69, 9.17) is 5.26 Å². The van der Waals surface area contributed by atoms with E-state index in [1.165, 1.54) is 0 Å². The second-order valence-electron chi connectivity index (χ2n) is 7.55. The lowest BCUT2D eigenvalue weighted by Gasteiger charge is -2.18. The molecule has 164 valence electrons. The molecule has 1 amide bonds. The number of rotatable bonds is 8. The van der Waals surface area contributed by atoms with Crippen LogP contribution < -0.4 is 10.6 Å². The zero-order valence-electron chi connectivity index (χ0n) is 18.1. The minimum absolute atomic E-state index is 0.218. The summed E-state index contributed by atoms with van der Waals surface area (Å²) in [5.74, 6) is 0.159. The molecule has 2 aromatic heterocycles. The van der Waals surface area contributed by atoms with Gasteiger partial charge in [0.2, 0.25) is 5.91 Å². The number of nitriles is 1. The van der Waals surface area contributed by atoms with Gasteiger partial charge in [0.1, 0.15) is 6.04 Å². The number of nitrogens with zero attached hydrogens (tertiary/aromatic N) is 5. The van der Waals surface area contributed by atoms with Crippen molar-refractivity contribution in [2.45, 2.75) is 12.5 Å². The van der Waals surface area contributed by atoms with Crippen LogP contribution in [0.15, 0.2) is 79.1 Å². The number of hydrogen-bond donors (Lipinski definition) is 2. The Bertz CT molecular complexity index is 1240. The predicted molar refractivity (Wildman–Crippen MR) is 125 cm³/mol. The lowest BCUT2D eigenvalue weighted by atomic mass is 10.1.